The molecule has 23 heavy (non-hydrogen) atoms. The summed E-state index contributed by atoms with van der Waals surface area (Å²) in [4.78, 5) is 22.7. The predicted octanol–water partition coefficient (Wildman–Crippen LogP) is 1.00. The maximum Gasteiger partial charge on any atom is 0.326 e. The monoisotopic (exact) mass is 345 g/mol. The van der Waals surface area contributed by atoms with Crippen molar-refractivity contribution in [2.24, 2.45) is 0 Å². The number of hydrogen-bond acceptors (Lipinski definition) is 5. The number of amides is 2. The van der Waals surface area contributed by atoms with E-state index in [4.69, 9.17) is 0 Å². The molecule has 0 spiro atoms. The fourth-order valence-electron chi connectivity index (χ4n) is 2.20. The first-order valence-electron chi connectivity index (χ1n) is 6.88. The third kappa shape index (κ3) is 5.45. The van der Waals surface area contributed by atoms with E-state index in [0.717, 1.165) is 30.3 Å². The van der Waals surface area contributed by atoms with E-state index in [1.807, 2.05) is 0 Å². The lowest BCUT2D eigenvalue weighted by Crippen LogP contribution is -2.58. The number of rotatable bonds is 6. The molecule has 0 radical (unpaired) electrons. The van der Waals surface area contributed by atoms with E-state index in [1.54, 1.807) is 11.2 Å². The molecule has 1 aromatic carbocycles. The Morgan fingerprint density at radius 3 is 2.57 bits per heavy atom. The van der Waals surface area contributed by atoms with Crippen LogP contribution in [-0.2, 0) is 11.2 Å². The number of nitrogens with zero attached hydrogens (tertiary/aromatic N) is 1. The second-order valence-corrected chi connectivity index (χ2v) is 6.59. The molecule has 1 aliphatic rings. The average Bonchev–Trinajstić information content (AvgIpc) is 2.40. The number of carbonyl (C=O) groups excluding carboxylic acids is 2. The Kier molecular flexibility index (Phi) is 5.55. The van der Waals surface area contributed by atoms with Crippen molar-refractivity contribution in [1.82, 2.24) is 14.3 Å². The lowest BCUT2D eigenvalue weighted by Gasteiger charge is -2.42. The minimum absolute atomic E-state index is 0.0192. The number of aldehydes is 1. The zero-order valence-corrected chi connectivity index (χ0v) is 13.2. The molecule has 0 aromatic heterocycles. The van der Waals surface area contributed by atoms with Gasteiger partial charge in [-0.05, 0) is 31.0 Å². The number of urea groups is 1. The average molecular weight is 345 g/mol. The molecule has 1 unspecified atom stereocenters. The second-order valence-electron chi connectivity index (χ2n) is 5.69. The fourth-order valence-corrected chi connectivity index (χ4v) is 3.15. The number of β-amino-alcohol motifs (C(OH)–C–C–N with tert-alkyl or cyclic N) is 1. The number of benzene rings is 1. The van der Waals surface area contributed by atoms with E-state index >= 15 is 0 Å². The molecule has 126 valence electrons. The van der Waals surface area contributed by atoms with Gasteiger partial charge in [-0.15, -0.1) is 0 Å². The first kappa shape index (κ1) is 17.6. The number of carbonyl (C=O) groups is 2. The van der Waals surface area contributed by atoms with Crippen LogP contribution in [0.2, 0.25) is 0 Å². The Balaban J connectivity index is 1.79. The number of nitrogens with one attached hydrogen (secondary N) is 2. The topological polar surface area (TPSA) is 81.7 Å². The van der Waals surface area contributed by atoms with Crippen molar-refractivity contribution in [3.63, 3.8) is 0 Å². The van der Waals surface area contributed by atoms with Gasteiger partial charge in [0.2, 0.25) is 0 Å². The molecule has 1 aliphatic heterocycles. The van der Waals surface area contributed by atoms with Gasteiger partial charge in [-0.1, -0.05) is 0 Å². The minimum atomic E-state index is -0.906. The van der Waals surface area contributed by atoms with Gasteiger partial charge < -0.3 is 15.2 Å². The van der Waals surface area contributed by atoms with Crippen LogP contribution in [0.15, 0.2) is 18.2 Å². The molecule has 3 N–H and O–H groups in total. The smallest absolute Gasteiger partial charge is 0.326 e. The van der Waals surface area contributed by atoms with E-state index in [0.29, 0.717) is 19.4 Å². The summed E-state index contributed by atoms with van der Waals surface area (Å²) in [6.07, 6.45) is 0.482. The largest absolute Gasteiger partial charge is 0.387 e. The van der Waals surface area contributed by atoms with E-state index in [9.17, 15) is 23.5 Å². The minimum Gasteiger partial charge on any atom is -0.387 e. The van der Waals surface area contributed by atoms with Gasteiger partial charge in [0.15, 0.2) is 0 Å². The van der Waals surface area contributed by atoms with E-state index < -0.39 is 29.3 Å². The van der Waals surface area contributed by atoms with E-state index in [1.165, 1.54) is 0 Å². The Morgan fingerprint density at radius 1 is 1.43 bits per heavy atom. The summed E-state index contributed by atoms with van der Waals surface area (Å²) in [5.74, 6) is -1.48. The molecule has 1 aromatic rings. The molecule has 2 rings (SSSR count). The Labute approximate surface area is 136 Å². The van der Waals surface area contributed by atoms with Crippen LogP contribution in [0.25, 0.3) is 0 Å². The SMILES string of the molecule is CC1(O)CN(SNC(=O)NC(C=O)Cc2cc(F)cc(F)c2)C1. The van der Waals surface area contributed by atoms with Crippen LogP contribution in [0.4, 0.5) is 13.6 Å². The van der Waals surface area contributed by atoms with Crippen molar-refractivity contribution in [3.8, 4) is 0 Å². The molecular formula is C14H17F2N3O3S. The summed E-state index contributed by atoms with van der Waals surface area (Å²) in [7, 11) is 0. The molecule has 2 amide bonds. The number of aliphatic hydroxyl groups is 1. The van der Waals surface area contributed by atoms with Crippen molar-refractivity contribution in [1.29, 1.82) is 0 Å². The zero-order chi connectivity index (χ0) is 17.0. The summed E-state index contributed by atoms with van der Waals surface area (Å²) in [6, 6.07) is 1.44. The van der Waals surface area contributed by atoms with Gasteiger partial charge in [-0.2, -0.15) is 0 Å². The summed E-state index contributed by atoms with van der Waals surface area (Å²) < 4.78 is 30.4. The quantitative estimate of drug-likeness (QED) is 0.529. The highest BCUT2D eigenvalue weighted by atomic mass is 32.2. The normalized spacial score (nSPS) is 17.9. The molecule has 1 heterocycles. The van der Waals surface area contributed by atoms with Crippen LogP contribution >= 0.6 is 12.1 Å². The molecule has 0 aliphatic carbocycles. The Hall–Kier alpha value is -1.71. The summed E-state index contributed by atoms with van der Waals surface area (Å²) >= 11 is 1.01. The van der Waals surface area contributed by atoms with Gasteiger partial charge in [-0.3, -0.25) is 4.72 Å². The zero-order valence-electron chi connectivity index (χ0n) is 12.4. The molecule has 1 saturated heterocycles. The molecular weight excluding hydrogens is 328 g/mol. The highest BCUT2D eigenvalue weighted by Gasteiger charge is 2.37. The van der Waals surface area contributed by atoms with Crippen molar-refractivity contribution in [2.45, 2.75) is 25.0 Å². The third-order valence-electron chi connectivity index (χ3n) is 3.16. The molecule has 0 saturated carbocycles. The van der Waals surface area contributed by atoms with Crippen LogP contribution in [0, 0.1) is 11.6 Å². The molecule has 9 heteroatoms. The summed E-state index contributed by atoms with van der Waals surface area (Å²) in [6.45, 7) is 2.51. The van der Waals surface area contributed by atoms with Crippen LogP contribution in [0.3, 0.4) is 0 Å². The van der Waals surface area contributed by atoms with Crippen LogP contribution in [0.5, 0.6) is 0 Å². The van der Waals surface area contributed by atoms with E-state index in [2.05, 4.69) is 10.0 Å². The fraction of sp³-hybridized carbons (Fsp3) is 0.429. The van der Waals surface area contributed by atoms with Gasteiger partial charge in [0, 0.05) is 31.3 Å². The lowest BCUT2D eigenvalue weighted by molar-refractivity contribution is -0.109. The Morgan fingerprint density at radius 2 is 2.04 bits per heavy atom. The molecule has 1 fully saturated rings. The van der Waals surface area contributed by atoms with Crippen LogP contribution < -0.4 is 10.0 Å². The lowest BCUT2D eigenvalue weighted by atomic mass is 10.0. The highest BCUT2D eigenvalue weighted by molar-refractivity contribution is 7.95. The molecule has 1 atom stereocenters. The van der Waals surface area contributed by atoms with Crippen molar-refractivity contribution >= 4 is 24.5 Å². The number of halogens is 2. The first-order valence-corrected chi connectivity index (χ1v) is 7.66. The van der Waals surface area contributed by atoms with Gasteiger partial charge in [0.1, 0.15) is 17.9 Å². The highest BCUT2D eigenvalue weighted by Crippen LogP contribution is 2.25. The van der Waals surface area contributed by atoms with Crippen molar-refractivity contribution < 1.29 is 23.5 Å². The molecule has 6 nitrogen and oxygen atoms in total. The van der Waals surface area contributed by atoms with Crippen molar-refractivity contribution in [3.05, 3.63) is 35.4 Å². The Bertz CT molecular complexity index is 572. The van der Waals surface area contributed by atoms with Gasteiger partial charge in [-0.25, -0.2) is 17.9 Å². The summed E-state index contributed by atoms with van der Waals surface area (Å²) in [5, 5.41) is 12.0. The van der Waals surface area contributed by atoms with E-state index in [-0.39, 0.29) is 12.0 Å². The van der Waals surface area contributed by atoms with Crippen LogP contribution in [-0.4, -0.2) is 46.5 Å². The maximum absolute atomic E-state index is 13.1. The van der Waals surface area contributed by atoms with Crippen LogP contribution in [0.1, 0.15) is 12.5 Å². The second kappa shape index (κ2) is 7.24. The number of hydrogen-bond donors (Lipinski definition) is 3. The standard InChI is InChI=1S/C14H17F2N3O3S/c1-14(22)7-19(8-14)23-18-13(21)17-12(6-20)4-9-2-10(15)5-11(16)3-9/h2-3,5-6,12,22H,4,7-8H2,1H3,(H2,17,18,21). The predicted molar refractivity (Wildman–Crippen MR) is 81.4 cm³/mol. The van der Waals surface area contributed by atoms with Crippen molar-refractivity contribution in [2.75, 3.05) is 13.1 Å². The maximum atomic E-state index is 13.1. The third-order valence-corrected chi connectivity index (χ3v) is 3.95. The van der Waals surface area contributed by atoms with Gasteiger partial charge in [0.25, 0.3) is 0 Å². The van der Waals surface area contributed by atoms with Gasteiger partial charge in [0.05, 0.1) is 11.6 Å². The summed E-state index contributed by atoms with van der Waals surface area (Å²) in [5.41, 5.74) is -0.482. The van der Waals surface area contributed by atoms with Gasteiger partial charge >= 0.3 is 6.03 Å². The molecule has 0 bridgehead atoms. The first-order chi connectivity index (χ1) is 10.8.